The van der Waals surface area contributed by atoms with Gasteiger partial charge >= 0.3 is 5.97 Å². The summed E-state index contributed by atoms with van der Waals surface area (Å²) in [4.78, 5) is 22.2. The topological polar surface area (TPSA) is 73.4 Å². The molecule has 21 heavy (non-hydrogen) atoms. The number of carbonyl (C=O) groups is 1. The molecule has 0 aromatic carbocycles. The van der Waals surface area contributed by atoms with E-state index in [0.29, 0.717) is 12.2 Å². The first-order valence-electron chi connectivity index (χ1n) is 6.77. The number of rotatable bonds is 3. The first-order valence-corrected chi connectivity index (χ1v) is 6.77. The molecule has 0 radical (unpaired) electrons. The maximum Gasteiger partial charge on any atom is 0.381 e. The molecule has 1 aromatic heterocycles. The summed E-state index contributed by atoms with van der Waals surface area (Å²) in [5.74, 6) is 0.700. The second kappa shape index (κ2) is 5.35. The van der Waals surface area contributed by atoms with Crippen LogP contribution in [0.4, 0.5) is 0 Å². The average molecular weight is 292 g/mol. The van der Waals surface area contributed by atoms with Gasteiger partial charge in [-0.15, -0.1) is 0 Å². The lowest BCUT2D eigenvalue weighted by Gasteiger charge is -2.20. The predicted molar refractivity (Wildman–Crippen MR) is 78.1 cm³/mol. The summed E-state index contributed by atoms with van der Waals surface area (Å²) >= 11 is 0. The third-order valence-electron chi connectivity index (χ3n) is 3.24. The van der Waals surface area contributed by atoms with E-state index in [-0.39, 0.29) is 5.41 Å². The van der Waals surface area contributed by atoms with Gasteiger partial charge in [0.25, 0.3) is 0 Å². The molecule has 1 unspecified atom stereocenters. The number of nitrogens with zero attached hydrogens (tertiary/aromatic N) is 2. The fraction of sp³-hybridized carbons (Fsp3) is 0.533. The smallest absolute Gasteiger partial charge is 0.381 e. The molecule has 0 saturated heterocycles. The molecule has 2 heterocycles. The lowest BCUT2D eigenvalue weighted by molar-refractivity contribution is -0.167. The minimum Gasteiger partial charge on any atom is -0.460 e. The van der Waals surface area contributed by atoms with Crippen molar-refractivity contribution in [1.29, 1.82) is 0 Å². The van der Waals surface area contributed by atoms with Gasteiger partial charge in [0.05, 0.1) is 5.71 Å². The lowest BCUT2D eigenvalue weighted by Crippen LogP contribution is -2.37. The van der Waals surface area contributed by atoms with Crippen LogP contribution in [0.15, 0.2) is 26.9 Å². The zero-order valence-corrected chi connectivity index (χ0v) is 13.0. The summed E-state index contributed by atoms with van der Waals surface area (Å²) in [5.41, 5.74) is -0.445. The number of hydrogen-bond donors (Lipinski definition) is 0. The average Bonchev–Trinajstić information content (AvgIpc) is 2.96. The zero-order chi connectivity index (χ0) is 15.7. The summed E-state index contributed by atoms with van der Waals surface area (Å²) in [7, 11) is 0. The van der Waals surface area contributed by atoms with Gasteiger partial charge in [-0.25, -0.2) is 4.79 Å². The first-order chi connectivity index (χ1) is 9.71. The van der Waals surface area contributed by atoms with E-state index < -0.39 is 11.6 Å². The van der Waals surface area contributed by atoms with Gasteiger partial charge in [-0.3, -0.25) is 0 Å². The fourth-order valence-corrected chi connectivity index (χ4v) is 1.80. The van der Waals surface area contributed by atoms with E-state index in [0.717, 1.165) is 11.5 Å². The van der Waals surface area contributed by atoms with Crippen molar-refractivity contribution in [3.8, 4) is 0 Å². The Kier molecular flexibility index (Phi) is 3.89. The van der Waals surface area contributed by atoms with Gasteiger partial charge in [-0.05, 0) is 26.0 Å². The van der Waals surface area contributed by atoms with E-state index in [1.165, 1.54) is 6.21 Å². The van der Waals surface area contributed by atoms with Crippen LogP contribution >= 0.6 is 0 Å². The van der Waals surface area contributed by atoms with Crippen molar-refractivity contribution in [3.05, 3.63) is 23.7 Å². The molecule has 1 aliphatic heterocycles. The first kappa shape index (κ1) is 15.3. The fourth-order valence-electron chi connectivity index (χ4n) is 1.80. The van der Waals surface area contributed by atoms with Crippen LogP contribution in [0.25, 0.3) is 0 Å². The summed E-state index contributed by atoms with van der Waals surface area (Å²) in [6, 6.07) is 3.54. The van der Waals surface area contributed by atoms with E-state index in [1.54, 1.807) is 19.1 Å². The molecule has 0 amide bonds. The standard InChI is InChI=1S/C15H20N2O4/c1-10-6-7-11(19-10)9-16-20-13(18)15(5)8-12(17-21-15)14(2,3)4/h6-7,9H,8H2,1-5H3/b16-9+. The zero-order valence-electron chi connectivity index (χ0n) is 13.0. The molecule has 0 saturated carbocycles. The minimum atomic E-state index is -1.13. The van der Waals surface area contributed by atoms with Crippen LogP contribution in [0, 0.1) is 12.3 Å². The molecule has 6 heteroatoms. The van der Waals surface area contributed by atoms with Crippen LogP contribution < -0.4 is 0 Å². The molecule has 0 fully saturated rings. The summed E-state index contributed by atoms with van der Waals surface area (Å²) in [6.07, 6.45) is 1.74. The highest BCUT2D eigenvalue weighted by Crippen LogP contribution is 2.32. The van der Waals surface area contributed by atoms with Gasteiger partial charge in [0.15, 0.2) is 0 Å². The molecule has 114 valence electrons. The Bertz CT molecular complexity index is 595. The lowest BCUT2D eigenvalue weighted by atomic mass is 9.84. The molecule has 0 aliphatic carbocycles. The molecular weight excluding hydrogens is 272 g/mol. The Labute approximate surface area is 123 Å². The predicted octanol–water partition coefficient (Wildman–Crippen LogP) is 3.05. The second-order valence-corrected chi connectivity index (χ2v) is 6.35. The van der Waals surface area contributed by atoms with Gasteiger partial charge in [0, 0.05) is 11.8 Å². The highest BCUT2D eigenvalue weighted by molar-refractivity contribution is 5.96. The largest absolute Gasteiger partial charge is 0.460 e. The Balaban J connectivity index is 1.94. The van der Waals surface area contributed by atoms with E-state index in [2.05, 4.69) is 10.3 Å². The van der Waals surface area contributed by atoms with E-state index in [9.17, 15) is 4.79 Å². The quantitative estimate of drug-likeness (QED) is 0.487. The number of aryl methyl sites for hydroxylation is 1. The Morgan fingerprint density at radius 1 is 1.48 bits per heavy atom. The van der Waals surface area contributed by atoms with Crippen molar-refractivity contribution >= 4 is 17.9 Å². The number of hydrogen-bond acceptors (Lipinski definition) is 6. The van der Waals surface area contributed by atoms with Crippen molar-refractivity contribution in [3.63, 3.8) is 0 Å². The van der Waals surface area contributed by atoms with Gasteiger partial charge in [0.2, 0.25) is 5.60 Å². The molecule has 0 spiro atoms. The molecule has 2 rings (SSSR count). The normalized spacial score (nSPS) is 22.2. The van der Waals surface area contributed by atoms with Gasteiger partial charge < -0.3 is 14.1 Å². The van der Waals surface area contributed by atoms with Crippen LogP contribution in [0.3, 0.4) is 0 Å². The third-order valence-corrected chi connectivity index (χ3v) is 3.24. The Morgan fingerprint density at radius 3 is 2.71 bits per heavy atom. The monoisotopic (exact) mass is 292 g/mol. The number of furan rings is 1. The SMILES string of the molecule is Cc1ccc(/C=N/OC(=O)C2(C)CC(C(C)(C)C)=NO2)o1. The molecule has 1 aromatic rings. The number of oxime groups is 2. The summed E-state index contributed by atoms with van der Waals surface area (Å²) in [6.45, 7) is 9.52. The maximum absolute atomic E-state index is 12.1. The molecular formula is C15H20N2O4. The molecule has 1 atom stereocenters. The van der Waals surface area contributed by atoms with Crippen molar-refractivity contribution in [2.45, 2.75) is 46.6 Å². The van der Waals surface area contributed by atoms with E-state index in [4.69, 9.17) is 14.1 Å². The highest BCUT2D eigenvalue weighted by atomic mass is 16.7. The minimum absolute atomic E-state index is 0.146. The van der Waals surface area contributed by atoms with Gasteiger partial charge in [0.1, 0.15) is 17.7 Å². The highest BCUT2D eigenvalue weighted by Gasteiger charge is 2.46. The molecule has 6 nitrogen and oxygen atoms in total. The van der Waals surface area contributed by atoms with E-state index >= 15 is 0 Å². The van der Waals surface area contributed by atoms with Gasteiger partial charge in [-0.2, -0.15) is 0 Å². The van der Waals surface area contributed by atoms with Gasteiger partial charge in [-0.1, -0.05) is 31.1 Å². The maximum atomic E-state index is 12.1. The van der Waals surface area contributed by atoms with Crippen molar-refractivity contribution < 1.29 is 18.9 Å². The molecule has 1 aliphatic rings. The molecule has 0 bridgehead atoms. The van der Waals surface area contributed by atoms with Crippen LogP contribution in [-0.4, -0.2) is 23.5 Å². The molecule has 0 N–H and O–H groups in total. The Hall–Kier alpha value is -2.11. The van der Waals surface area contributed by atoms with Crippen LogP contribution in [0.5, 0.6) is 0 Å². The van der Waals surface area contributed by atoms with Crippen molar-refractivity contribution in [1.82, 2.24) is 0 Å². The van der Waals surface area contributed by atoms with E-state index in [1.807, 2.05) is 27.7 Å². The second-order valence-electron chi connectivity index (χ2n) is 6.35. The Morgan fingerprint density at radius 2 is 2.19 bits per heavy atom. The van der Waals surface area contributed by atoms with Crippen molar-refractivity contribution in [2.75, 3.05) is 0 Å². The number of carbonyl (C=O) groups excluding carboxylic acids is 1. The van der Waals surface area contributed by atoms with Crippen LogP contribution in [0.2, 0.25) is 0 Å². The van der Waals surface area contributed by atoms with Crippen LogP contribution in [-0.2, 0) is 14.5 Å². The third kappa shape index (κ3) is 3.51. The van der Waals surface area contributed by atoms with Crippen molar-refractivity contribution in [2.24, 2.45) is 15.7 Å². The summed E-state index contributed by atoms with van der Waals surface area (Å²) < 4.78 is 5.28. The summed E-state index contributed by atoms with van der Waals surface area (Å²) in [5, 5.41) is 7.63. The van der Waals surface area contributed by atoms with Crippen LogP contribution in [0.1, 0.15) is 45.6 Å².